The fourth-order valence-corrected chi connectivity index (χ4v) is 10.2. The normalized spacial score (nSPS) is 14.9. The molecule has 22 nitrogen and oxygen atoms in total. The smallest absolute Gasteiger partial charge is 0.425 e. The Labute approximate surface area is 409 Å². The molecule has 6 rings (SSSR count). The Hall–Kier alpha value is -5.82. The maximum atomic E-state index is 12.0. The van der Waals surface area contributed by atoms with Crippen LogP contribution in [0.15, 0.2) is 131 Å². The monoisotopic (exact) mass is 1090 g/mol. The molecule has 4 aromatic rings. The Balaban J connectivity index is 0.000000321. The van der Waals surface area contributed by atoms with Crippen molar-refractivity contribution in [1.82, 2.24) is 0 Å². The minimum atomic E-state index is -4.53. The van der Waals surface area contributed by atoms with Crippen LogP contribution in [0.4, 0.5) is 22.7 Å². The molecule has 0 saturated heterocycles. The standard InChI is InChI=1S/2C21H24N2O6S2.2O3S/c1-21(2)19(12-13-22-16-8-4-3-5-9-16)23(14-7-15-30(24,25)26)17-10-6-11-18(20(17)21)31(27,28)29;1-21(2)17-10-6-11-18(31(27,28)29)20(17)23(14-7-15-30(24,25)26)19(21)12-13-22-16-8-4-3-5-9-16;2*1-4(2)3/h2*3-6,8-13H,7,14-15H2,1-2H3,(H2,24,25,26,27,28,29);;. The topological polar surface area (TPSA) is 356 Å². The number of hydrogen-bond donors (Lipinski definition) is 4. The van der Waals surface area contributed by atoms with E-state index in [1.54, 1.807) is 51.9 Å². The van der Waals surface area contributed by atoms with Gasteiger partial charge in [0.2, 0.25) is 11.4 Å². The number of rotatable bonds is 16. The van der Waals surface area contributed by atoms with E-state index in [-0.39, 0.29) is 41.4 Å². The van der Waals surface area contributed by atoms with Crippen molar-refractivity contribution < 1.29 is 86.3 Å². The van der Waals surface area contributed by atoms with Gasteiger partial charge in [0.25, 0.3) is 10.1 Å². The maximum Gasteiger partial charge on any atom is 0.425 e. The van der Waals surface area contributed by atoms with Gasteiger partial charge in [0.05, 0.1) is 36.6 Å². The van der Waals surface area contributed by atoms with Crippen molar-refractivity contribution in [2.45, 2.75) is 61.2 Å². The fraction of sp³-hybridized carbons (Fsp3) is 0.286. The average molecular weight is 1090 g/mol. The van der Waals surface area contributed by atoms with Gasteiger partial charge in [-0.1, -0.05) is 54.6 Å². The molecule has 0 aliphatic carbocycles. The van der Waals surface area contributed by atoms with Crippen LogP contribution >= 0.6 is 0 Å². The molecular weight excluding hydrogens is 1040 g/mol. The maximum absolute atomic E-state index is 12.0. The van der Waals surface area contributed by atoms with Crippen LogP contribution in [-0.2, 0) is 72.5 Å². The van der Waals surface area contributed by atoms with Gasteiger partial charge in [-0.15, -0.1) is 25.3 Å². The summed E-state index contributed by atoms with van der Waals surface area (Å²) in [5.41, 5.74) is 3.59. The summed E-state index contributed by atoms with van der Waals surface area (Å²) in [4.78, 5) is -0.460. The zero-order valence-electron chi connectivity index (χ0n) is 37.6. The minimum absolute atomic E-state index is 0.00458. The van der Waals surface area contributed by atoms with Gasteiger partial charge in [0.15, 0.2) is 16.3 Å². The second-order valence-electron chi connectivity index (χ2n) is 15.9. The van der Waals surface area contributed by atoms with E-state index in [0.717, 1.165) is 11.4 Å². The van der Waals surface area contributed by atoms with Gasteiger partial charge in [-0.05, 0) is 64.1 Å². The predicted molar refractivity (Wildman–Crippen MR) is 254 cm³/mol. The second kappa shape index (κ2) is 24.3. The average Bonchev–Trinajstić information content (AvgIpc) is 3.58. The first kappa shape index (κ1) is 58.5. The lowest BCUT2D eigenvalue weighted by molar-refractivity contribution is -0.440. The van der Waals surface area contributed by atoms with Crippen LogP contribution in [0.5, 0.6) is 0 Å². The molecule has 0 fully saturated rings. The van der Waals surface area contributed by atoms with E-state index in [9.17, 15) is 51.9 Å². The number of fused-ring (bicyclic) bond motifs is 2. The summed E-state index contributed by atoms with van der Waals surface area (Å²) in [5.74, 6) is -1.11. The summed E-state index contributed by atoms with van der Waals surface area (Å²) in [5, 5.41) is 6.28. The molecule has 0 saturated carbocycles. The van der Waals surface area contributed by atoms with Gasteiger partial charge in [0, 0.05) is 71.9 Å². The van der Waals surface area contributed by atoms with Crippen molar-refractivity contribution >= 4 is 95.9 Å². The molecule has 2 heterocycles. The van der Waals surface area contributed by atoms with E-state index in [0.29, 0.717) is 28.2 Å². The number of para-hydroxylation sites is 3. The van der Waals surface area contributed by atoms with Crippen molar-refractivity contribution in [3.8, 4) is 0 Å². The van der Waals surface area contributed by atoms with Gasteiger partial charge in [-0.2, -0.15) is 26.0 Å². The van der Waals surface area contributed by atoms with Crippen molar-refractivity contribution in [3.05, 3.63) is 133 Å². The molecule has 0 amide bonds. The third-order valence-corrected chi connectivity index (χ3v) is 13.7. The molecule has 2 aliphatic heterocycles. The van der Waals surface area contributed by atoms with Crippen molar-refractivity contribution in [3.63, 3.8) is 0 Å². The third-order valence-electron chi connectivity index (χ3n) is 10.4. The summed E-state index contributed by atoms with van der Waals surface area (Å²) in [7, 11) is -24.0. The number of nitrogens with zero attached hydrogens (tertiary/aromatic N) is 2. The Morgan fingerprint density at radius 3 is 1.34 bits per heavy atom. The Kier molecular flexibility index (Phi) is 20.3. The first-order chi connectivity index (χ1) is 32.3. The zero-order chi connectivity index (χ0) is 52.9. The molecule has 380 valence electrons. The quantitative estimate of drug-likeness (QED) is 0.0917. The van der Waals surface area contributed by atoms with Gasteiger partial charge < -0.3 is 19.7 Å². The van der Waals surface area contributed by atoms with Crippen LogP contribution in [0.1, 0.15) is 51.7 Å². The van der Waals surface area contributed by atoms with Gasteiger partial charge >= 0.3 is 31.3 Å². The number of benzene rings is 4. The van der Waals surface area contributed by atoms with Crippen LogP contribution in [0.3, 0.4) is 0 Å². The van der Waals surface area contributed by atoms with Crippen molar-refractivity contribution in [2.75, 3.05) is 35.2 Å². The number of hydrogen-bond acceptors (Lipinski definition) is 18. The van der Waals surface area contributed by atoms with Gasteiger partial charge in [0.1, 0.15) is 18.0 Å². The van der Waals surface area contributed by atoms with E-state index in [1.165, 1.54) is 18.2 Å². The van der Waals surface area contributed by atoms with Crippen molar-refractivity contribution in [2.24, 2.45) is 0 Å². The van der Waals surface area contributed by atoms with E-state index in [2.05, 4.69) is 10.6 Å². The summed E-state index contributed by atoms with van der Waals surface area (Å²) in [6, 6.07) is 28.0. The third kappa shape index (κ3) is 17.2. The largest absolute Gasteiger partial charge is 0.748 e. The molecule has 28 heteroatoms. The predicted octanol–water partition coefficient (Wildman–Crippen LogP) is 3.73. The molecule has 4 aromatic carbocycles. The highest BCUT2D eigenvalue weighted by Gasteiger charge is 2.48. The lowest BCUT2D eigenvalue weighted by Gasteiger charge is -2.17. The Morgan fingerprint density at radius 1 is 0.543 bits per heavy atom. The molecule has 4 N–H and O–H groups in total. The van der Waals surface area contributed by atoms with Crippen LogP contribution in [0.2, 0.25) is 0 Å². The molecule has 0 spiro atoms. The number of anilines is 2. The molecule has 2 aliphatic rings. The SMILES string of the molecule is CC1(C)C(/C=C/Nc2ccccc2)=[N+](CCCS(=O)(=O)[O-])c2c1cccc2S(=O)(=O)O.CC1(C)C(/C=C/Nc2ccccc2)=[N+](CCCS(=O)(=O)[O-])c2cccc(S(=O)(=O)O)c21.O=S(=O)=O.O=S(=O)=O. The van der Waals surface area contributed by atoms with E-state index in [4.69, 9.17) is 25.3 Å². The molecule has 70 heavy (non-hydrogen) atoms. The highest BCUT2D eigenvalue weighted by Crippen LogP contribution is 2.45. The molecular formula is C42H48N4O18S6. The Morgan fingerprint density at radius 2 is 0.929 bits per heavy atom. The fourth-order valence-electron chi connectivity index (χ4n) is 7.66. The van der Waals surface area contributed by atoms with Gasteiger partial charge in [-0.25, -0.2) is 16.8 Å². The van der Waals surface area contributed by atoms with E-state index >= 15 is 0 Å². The van der Waals surface area contributed by atoms with Crippen LogP contribution in [0, 0.1) is 0 Å². The van der Waals surface area contributed by atoms with Crippen LogP contribution in [-0.4, -0.2) is 122 Å². The molecule has 0 radical (unpaired) electrons. The Bertz CT molecular complexity index is 3340. The van der Waals surface area contributed by atoms with E-state index < -0.39 is 84.0 Å². The number of nitrogens with one attached hydrogen (secondary N) is 2. The minimum Gasteiger partial charge on any atom is -0.748 e. The summed E-state index contributed by atoms with van der Waals surface area (Å²) in [6.45, 7) is 7.76. The summed E-state index contributed by atoms with van der Waals surface area (Å²) < 4.78 is 188. The lowest BCUT2D eigenvalue weighted by atomic mass is 9.81. The summed E-state index contributed by atoms with van der Waals surface area (Å²) >= 11 is 0. The number of allylic oxidation sites excluding steroid dienone is 2. The first-order valence-electron chi connectivity index (χ1n) is 20.2. The van der Waals surface area contributed by atoms with E-state index in [1.807, 2.05) is 88.4 Å². The molecule has 0 aromatic heterocycles. The highest BCUT2D eigenvalue weighted by molar-refractivity contribution is 7.86. The molecule has 0 bridgehead atoms. The van der Waals surface area contributed by atoms with Crippen LogP contribution < -0.4 is 10.6 Å². The van der Waals surface area contributed by atoms with Crippen molar-refractivity contribution in [1.29, 1.82) is 0 Å². The lowest BCUT2D eigenvalue weighted by Crippen LogP contribution is -2.29. The van der Waals surface area contributed by atoms with Crippen LogP contribution in [0.25, 0.3) is 0 Å². The molecule has 0 atom stereocenters. The molecule has 0 unspecified atom stereocenters. The zero-order valence-corrected chi connectivity index (χ0v) is 42.5. The first-order valence-corrected chi connectivity index (χ1v) is 28.2. The summed E-state index contributed by atoms with van der Waals surface area (Å²) in [6.07, 6.45) is 7.07. The highest BCUT2D eigenvalue weighted by atomic mass is 32.2. The second-order valence-corrected chi connectivity index (χ2v) is 22.5. The van der Waals surface area contributed by atoms with Gasteiger partial charge in [-0.3, -0.25) is 9.11 Å².